The molecule has 3 aliphatic rings. The van der Waals surface area contributed by atoms with E-state index in [-0.39, 0.29) is 30.2 Å². The van der Waals surface area contributed by atoms with Crippen molar-refractivity contribution in [1.82, 2.24) is 4.90 Å². The first-order valence-electron chi connectivity index (χ1n) is 15.4. The number of rotatable bonds is 6. The third kappa shape index (κ3) is 5.13. The van der Waals surface area contributed by atoms with E-state index >= 15 is 0 Å². The Kier molecular flexibility index (Phi) is 8.52. The van der Waals surface area contributed by atoms with E-state index in [1.807, 2.05) is 36.4 Å². The summed E-state index contributed by atoms with van der Waals surface area (Å²) in [5.74, 6) is -6.73. The molecule has 0 radical (unpaired) electrons. The fourth-order valence-corrected chi connectivity index (χ4v) is 12.9. The van der Waals surface area contributed by atoms with Crippen molar-refractivity contribution in [1.29, 1.82) is 0 Å². The predicted molar refractivity (Wildman–Crippen MR) is 176 cm³/mol. The van der Waals surface area contributed by atoms with Crippen molar-refractivity contribution in [2.75, 3.05) is 13.7 Å². The summed E-state index contributed by atoms with van der Waals surface area (Å²) in [5.41, 5.74) is 0.446. The first-order chi connectivity index (χ1) is 21.8. The molecule has 6 rings (SSSR count). The third-order valence-corrected chi connectivity index (χ3v) is 15.5. The zero-order chi connectivity index (χ0) is 33.0. The molecule has 3 aromatic carbocycles. The van der Waals surface area contributed by atoms with E-state index in [1.165, 1.54) is 6.07 Å². The van der Waals surface area contributed by atoms with Gasteiger partial charge in [-0.1, -0.05) is 97.4 Å². The van der Waals surface area contributed by atoms with Crippen LogP contribution in [0.1, 0.15) is 45.3 Å². The molecular weight excluding hydrogens is 670 g/mol. The normalized spacial score (nSPS) is 27.8. The van der Waals surface area contributed by atoms with Gasteiger partial charge < -0.3 is 24.1 Å². The van der Waals surface area contributed by atoms with Crippen molar-refractivity contribution in [2.45, 2.75) is 50.5 Å². The molecule has 2 saturated heterocycles. The van der Waals surface area contributed by atoms with Gasteiger partial charge in [0.15, 0.2) is 5.79 Å². The molecule has 0 unspecified atom stereocenters. The first kappa shape index (κ1) is 32.6. The number of aromatic hydroxyl groups is 1. The number of imide groups is 3. The second kappa shape index (κ2) is 12.0. The highest BCUT2D eigenvalue weighted by atomic mass is 79.9. The number of nitrogens with zero attached hydrogens (tertiary/aromatic N) is 1. The van der Waals surface area contributed by atoms with Gasteiger partial charge in [0.2, 0.25) is 11.8 Å². The van der Waals surface area contributed by atoms with Gasteiger partial charge in [-0.3, -0.25) is 9.59 Å². The number of aliphatic hydroxyl groups is 1. The summed E-state index contributed by atoms with van der Waals surface area (Å²) in [6.07, 6.45) is -1.62. The van der Waals surface area contributed by atoms with Gasteiger partial charge in [-0.05, 0) is 46.5 Å². The number of amides is 3. The molecule has 1 saturated carbocycles. The summed E-state index contributed by atoms with van der Waals surface area (Å²) in [6.45, 7) is 6.48. The Labute approximate surface area is 277 Å². The highest BCUT2D eigenvalue weighted by Crippen LogP contribution is 2.59. The number of hydrogen-bond acceptors (Lipinski definition) is 8. The largest absolute Gasteiger partial charge is 0.508 e. The van der Waals surface area contributed by atoms with Gasteiger partial charge >= 0.3 is 6.09 Å². The minimum atomic E-state index is -3.06. The summed E-state index contributed by atoms with van der Waals surface area (Å²) in [5, 5.41) is 25.1. The van der Waals surface area contributed by atoms with Gasteiger partial charge in [-0.25, -0.2) is 4.79 Å². The summed E-state index contributed by atoms with van der Waals surface area (Å²) < 4.78 is 19.2. The molecule has 2 aliphatic heterocycles. The first-order valence-corrected chi connectivity index (χ1v) is 18.1. The number of methoxy groups -OCH3 is 1. The van der Waals surface area contributed by atoms with Crippen LogP contribution in [0.15, 0.2) is 83.3 Å². The highest BCUT2D eigenvalue weighted by molar-refractivity contribution is 9.10. The maximum Gasteiger partial charge on any atom is 0.423 e. The third-order valence-electron chi connectivity index (χ3n) is 9.98. The Morgan fingerprint density at radius 3 is 2.17 bits per heavy atom. The number of likely N-dealkylation sites (tertiary alicyclic amines) is 1. The number of phenols is 1. The average Bonchev–Trinajstić information content (AvgIpc) is 3.51. The van der Waals surface area contributed by atoms with E-state index in [2.05, 4.69) is 61.0 Å². The van der Waals surface area contributed by atoms with E-state index in [0.29, 0.717) is 14.9 Å². The molecule has 9 nitrogen and oxygen atoms in total. The molecular formula is C35H38BrNO8Si. The van der Waals surface area contributed by atoms with E-state index in [4.69, 9.17) is 13.9 Å². The van der Waals surface area contributed by atoms with Crippen LogP contribution in [0.3, 0.4) is 0 Å². The second-order valence-electron chi connectivity index (χ2n) is 13.4. The minimum Gasteiger partial charge on any atom is -0.508 e. The maximum absolute atomic E-state index is 13.7. The molecule has 0 spiro atoms. The Morgan fingerprint density at radius 2 is 1.61 bits per heavy atom. The predicted octanol–water partition coefficient (Wildman–Crippen LogP) is 4.89. The van der Waals surface area contributed by atoms with Crippen LogP contribution in [0.25, 0.3) is 0 Å². The van der Waals surface area contributed by atoms with Gasteiger partial charge in [0.1, 0.15) is 5.75 Å². The number of carbonyl (C=O) groups is 3. The molecule has 2 heterocycles. The average molecular weight is 709 g/mol. The van der Waals surface area contributed by atoms with Gasteiger partial charge in [-0.15, -0.1) is 0 Å². The topological polar surface area (TPSA) is 123 Å². The smallest absolute Gasteiger partial charge is 0.423 e. The van der Waals surface area contributed by atoms with Gasteiger partial charge in [-0.2, -0.15) is 4.90 Å². The molecule has 2 N–H and O–H groups in total. The molecule has 1 aliphatic carbocycles. The molecule has 3 fully saturated rings. The van der Waals surface area contributed by atoms with E-state index in [1.54, 1.807) is 12.1 Å². The Bertz CT molecular complexity index is 1610. The Hall–Kier alpha value is -3.35. The zero-order valence-corrected chi connectivity index (χ0v) is 28.8. The van der Waals surface area contributed by atoms with E-state index in [9.17, 15) is 24.6 Å². The van der Waals surface area contributed by atoms with Crippen molar-refractivity contribution in [3.63, 3.8) is 0 Å². The van der Waals surface area contributed by atoms with Crippen molar-refractivity contribution in [3.8, 4) is 5.75 Å². The number of ether oxygens (including phenoxy) is 2. The SMILES string of the molecule is COC(=O)N1C(=O)[C@H]2[C@H](C[C@H](CO[Si](c3ccccc3)(c3ccccc3)C(C)(C)C)[C@@]3(O)O[C@H](c4cc(Br)ccc4O)C[C@@H]23)C1=O. The monoisotopic (exact) mass is 707 g/mol. The van der Waals surface area contributed by atoms with Crippen LogP contribution in [0, 0.1) is 23.7 Å². The molecule has 242 valence electrons. The lowest BCUT2D eigenvalue weighted by Gasteiger charge is -2.48. The van der Waals surface area contributed by atoms with Crippen LogP contribution in [0.4, 0.5) is 4.79 Å². The lowest BCUT2D eigenvalue weighted by molar-refractivity contribution is -0.273. The molecule has 3 amide bonds. The molecule has 0 bridgehead atoms. The fourth-order valence-electron chi connectivity index (χ4n) is 7.91. The van der Waals surface area contributed by atoms with E-state index < -0.39 is 61.8 Å². The molecule has 3 aromatic rings. The van der Waals surface area contributed by atoms with Crippen molar-refractivity contribution in [3.05, 3.63) is 88.9 Å². The quantitative estimate of drug-likeness (QED) is 0.275. The Balaban J connectivity index is 1.44. The number of carbonyl (C=O) groups excluding carboxylic acids is 3. The number of hydrogen-bond donors (Lipinski definition) is 2. The van der Waals surface area contributed by atoms with Crippen molar-refractivity contribution < 1.29 is 38.5 Å². The summed E-state index contributed by atoms with van der Waals surface area (Å²) in [6, 6.07) is 25.1. The lowest BCUT2D eigenvalue weighted by Crippen LogP contribution is -2.67. The standard InChI is InChI=1S/C35H38BrNO8Si/c1-34(2,3)46(23-11-7-5-8-12-23,24-13-9-6-10-14-24)44-20-21-17-26-30(32(40)37(31(26)39)33(41)43-4)27-19-29(45-35(21,27)42)25-18-22(36)15-16-28(25)38/h5-16,18,21,26-27,29-30,38,42H,17,19-20H2,1-4H3/t21-,26+,27+,29+,30+,35-/m1/s1. The summed E-state index contributed by atoms with van der Waals surface area (Å²) in [7, 11) is -1.94. The highest BCUT2D eigenvalue weighted by Gasteiger charge is 2.68. The van der Waals surface area contributed by atoms with Gasteiger partial charge in [0.25, 0.3) is 8.32 Å². The minimum absolute atomic E-state index is 0.0166. The molecule has 0 aromatic heterocycles. The van der Waals surface area contributed by atoms with E-state index in [0.717, 1.165) is 17.5 Å². The zero-order valence-electron chi connectivity index (χ0n) is 26.2. The van der Waals surface area contributed by atoms with Gasteiger partial charge in [0.05, 0.1) is 25.0 Å². The molecule has 46 heavy (non-hydrogen) atoms. The molecule has 6 atom stereocenters. The summed E-state index contributed by atoms with van der Waals surface area (Å²) in [4.78, 5) is 40.5. The number of fused-ring (bicyclic) bond motifs is 3. The maximum atomic E-state index is 13.7. The van der Waals surface area contributed by atoms with Crippen molar-refractivity contribution >= 4 is 52.5 Å². The van der Waals surface area contributed by atoms with Crippen LogP contribution < -0.4 is 10.4 Å². The van der Waals surface area contributed by atoms with Crippen LogP contribution in [0.2, 0.25) is 5.04 Å². The van der Waals surface area contributed by atoms with Crippen LogP contribution in [-0.4, -0.2) is 60.8 Å². The van der Waals surface area contributed by atoms with Crippen molar-refractivity contribution in [2.24, 2.45) is 23.7 Å². The second-order valence-corrected chi connectivity index (χ2v) is 18.6. The van der Waals surface area contributed by atoms with Crippen LogP contribution >= 0.6 is 15.9 Å². The fraction of sp³-hybridized carbons (Fsp3) is 0.400. The number of benzene rings is 3. The molecule has 11 heteroatoms. The number of phenolic OH excluding ortho intramolecular Hbond substituents is 1. The van der Waals surface area contributed by atoms with Crippen LogP contribution in [-0.2, 0) is 23.5 Å². The van der Waals surface area contributed by atoms with Gasteiger partial charge in [0, 0.05) is 28.5 Å². The summed E-state index contributed by atoms with van der Waals surface area (Å²) >= 11 is 3.45. The van der Waals surface area contributed by atoms with Crippen LogP contribution in [0.5, 0.6) is 5.75 Å². The number of halogens is 1. The Morgan fingerprint density at radius 1 is 1.00 bits per heavy atom. The lowest BCUT2D eigenvalue weighted by atomic mass is 9.64.